The van der Waals surface area contributed by atoms with Crippen molar-refractivity contribution >= 4 is 65.6 Å². The Kier molecular flexibility index (Phi) is 8.16. The molecule has 2 aliphatic rings. The molecule has 342 valence electrons. The molecule has 0 saturated carbocycles. The lowest BCUT2D eigenvalue weighted by molar-refractivity contribution is 0.661. The van der Waals surface area contributed by atoms with Crippen LogP contribution in [0.1, 0.15) is 47.2 Å². The van der Waals surface area contributed by atoms with E-state index in [1.165, 1.54) is 99.3 Å². The van der Waals surface area contributed by atoms with Gasteiger partial charge in [0.05, 0.1) is 27.5 Å². The van der Waals surface area contributed by atoms with Gasteiger partial charge in [-0.2, -0.15) is 0 Å². The molecule has 0 atom stereocenters. The van der Waals surface area contributed by atoms with Crippen molar-refractivity contribution in [3.05, 3.63) is 276 Å². The van der Waals surface area contributed by atoms with Gasteiger partial charge in [0.15, 0.2) is 0 Å². The Hall–Kier alpha value is -9.18. The summed E-state index contributed by atoms with van der Waals surface area (Å²) in [5, 5.41) is 7.14. The number of nitrogens with zero attached hydrogens (tertiary/aromatic N) is 2. The van der Waals surface area contributed by atoms with Crippen molar-refractivity contribution in [1.82, 2.24) is 9.13 Å². The van der Waals surface area contributed by atoms with Crippen LogP contribution in [0.2, 0.25) is 0 Å². The van der Waals surface area contributed by atoms with Crippen LogP contribution in [0, 0.1) is 0 Å². The Morgan fingerprint density at radius 2 is 0.836 bits per heavy atom. The molecule has 0 saturated heterocycles. The summed E-state index contributed by atoms with van der Waals surface area (Å²) in [6.07, 6.45) is 0. The third-order valence-corrected chi connectivity index (χ3v) is 16.8. The molecule has 73 heavy (non-hydrogen) atoms. The molecule has 11 aromatic carbocycles. The molecule has 14 aromatic rings. The first-order chi connectivity index (χ1) is 35.9. The van der Waals surface area contributed by atoms with Gasteiger partial charge in [0.25, 0.3) is 0 Å². The highest BCUT2D eigenvalue weighted by Gasteiger charge is 2.46. The van der Waals surface area contributed by atoms with Crippen LogP contribution >= 0.6 is 0 Å². The number of furan rings is 1. The second-order valence-corrected chi connectivity index (χ2v) is 20.8. The summed E-state index contributed by atoms with van der Waals surface area (Å²) in [4.78, 5) is 0. The molecule has 0 fully saturated rings. The van der Waals surface area contributed by atoms with Gasteiger partial charge in [0, 0.05) is 55.2 Å². The van der Waals surface area contributed by atoms with Crippen molar-refractivity contribution in [3.8, 4) is 44.8 Å². The van der Waals surface area contributed by atoms with E-state index in [2.05, 4.69) is 266 Å². The molecule has 0 spiro atoms. The molecular weight excluding hydrogens is 885 g/mol. The third kappa shape index (κ3) is 5.43. The predicted octanol–water partition coefficient (Wildman–Crippen LogP) is 18.1. The molecule has 3 aromatic heterocycles. The summed E-state index contributed by atoms with van der Waals surface area (Å²) in [5.41, 5.74) is 23.5. The highest BCUT2D eigenvalue weighted by atomic mass is 16.3. The quantitative estimate of drug-likeness (QED) is 0.169. The van der Waals surface area contributed by atoms with E-state index in [1.54, 1.807) is 0 Å². The number of hydrogen-bond donors (Lipinski definition) is 0. The minimum atomic E-state index is -0.523. The van der Waals surface area contributed by atoms with Crippen molar-refractivity contribution in [2.24, 2.45) is 0 Å². The number of aromatic nitrogens is 2. The highest BCUT2D eigenvalue weighted by Crippen LogP contribution is 2.57. The molecule has 3 nitrogen and oxygen atoms in total. The Morgan fingerprint density at radius 3 is 1.53 bits per heavy atom. The van der Waals surface area contributed by atoms with E-state index in [1.807, 2.05) is 0 Å². The van der Waals surface area contributed by atoms with E-state index in [9.17, 15) is 0 Å². The van der Waals surface area contributed by atoms with Gasteiger partial charge in [0.2, 0.25) is 0 Å². The van der Waals surface area contributed by atoms with Crippen molar-refractivity contribution in [3.63, 3.8) is 0 Å². The average molecular weight is 931 g/mol. The maximum Gasteiger partial charge on any atom is 0.137 e. The predicted molar refractivity (Wildman–Crippen MR) is 303 cm³/mol. The monoisotopic (exact) mass is 930 g/mol. The van der Waals surface area contributed by atoms with E-state index < -0.39 is 5.41 Å². The van der Waals surface area contributed by atoms with Crippen LogP contribution in [0.15, 0.2) is 247 Å². The third-order valence-electron chi connectivity index (χ3n) is 16.8. The zero-order chi connectivity index (χ0) is 48.2. The number of para-hydroxylation sites is 2. The van der Waals surface area contributed by atoms with Gasteiger partial charge in [-0.15, -0.1) is 0 Å². The van der Waals surface area contributed by atoms with Crippen LogP contribution < -0.4 is 0 Å². The van der Waals surface area contributed by atoms with E-state index in [0.717, 1.165) is 44.3 Å². The fraction of sp³-hybridized carbons (Fsp3) is 0.0571. The van der Waals surface area contributed by atoms with Gasteiger partial charge in [-0.3, -0.25) is 0 Å². The zero-order valence-corrected chi connectivity index (χ0v) is 40.4. The van der Waals surface area contributed by atoms with Gasteiger partial charge in [-0.25, -0.2) is 0 Å². The fourth-order valence-electron chi connectivity index (χ4n) is 13.5. The molecule has 0 amide bonds. The molecule has 16 rings (SSSR count). The average Bonchev–Trinajstić information content (AvgIpc) is 4.21. The van der Waals surface area contributed by atoms with Crippen LogP contribution in [0.5, 0.6) is 0 Å². The summed E-state index contributed by atoms with van der Waals surface area (Å²) in [5.74, 6) is 0. The minimum absolute atomic E-state index is 0.107. The van der Waals surface area contributed by atoms with Crippen LogP contribution in [0.3, 0.4) is 0 Å². The van der Waals surface area contributed by atoms with Crippen LogP contribution in [-0.2, 0) is 10.8 Å². The number of fused-ring (bicyclic) bond motifs is 15. The number of rotatable bonds is 5. The Labute approximate surface area is 422 Å². The van der Waals surface area contributed by atoms with Crippen LogP contribution in [0.25, 0.3) is 110 Å². The second-order valence-electron chi connectivity index (χ2n) is 20.8. The first-order valence-electron chi connectivity index (χ1n) is 25.5. The molecule has 3 heteroatoms. The van der Waals surface area contributed by atoms with E-state index in [0.29, 0.717) is 0 Å². The van der Waals surface area contributed by atoms with Crippen molar-refractivity contribution in [2.75, 3.05) is 0 Å². The zero-order valence-electron chi connectivity index (χ0n) is 40.4. The summed E-state index contributed by atoms with van der Waals surface area (Å²) in [7, 11) is 0. The van der Waals surface area contributed by atoms with E-state index >= 15 is 0 Å². The van der Waals surface area contributed by atoms with Crippen molar-refractivity contribution < 1.29 is 4.42 Å². The number of hydrogen-bond acceptors (Lipinski definition) is 1. The van der Waals surface area contributed by atoms with Gasteiger partial charge in [-0.05, 0) is 140 Å². The molecule has 0 aliphatic heterocycles. The Bertz CT molecular complexity index is 4590. The van der Waals surface area contributed by atoms with E-state index in [-0.39, 0.29) is 5.41 Å². The maximum atomic E-state index is 6.66. The molecule has 0 unspecified atom stereocenters. The van der Waals surface area contributed by atoms with Gasteiger partial charge >= 0.3 is 0 Å². The largest absolute Gasteiger partial charge is 0.456 e. The topological polar surface area (TPSA) is 23.0 Å². The van der Waals surface area contributed by atoms with Gasteiger partial charge in [-0.1, -0.05) is 178 Å². The highest BCUT2D eigenvalue weighted by molar-refractivity contribution is 6.18. The molecule has 0 N–H and O–H groups in total. The normalized spacial score (nSPS) is 14.1. The molecule has 0 bridgehead atoms. The van der Waals surface area contributed by atoms with Gasteiger partial charge in [0.1, 0.15) is 11.2 Å². The van der Waals surface area contributed by atoms with Crippen molar-refractivity contribution in [2.45, 2.75) is 24.7 Å². The fourth-order valence-corrected chi connectivity index (χ4v) is 13.5. The summed E-state index contributed by atoms with van der Waals surface area (Å²) in [6.45, 7) is 4.74. The summed E-state index contributed by atoms with van der Waals surface area (Å²) >= 11 is 0. The molecule has 3 heterocycles. The lowest BCUT2D eigenvalue weighted by Gasteiger charge is -2.34. The second kappa shape index (κ2) is 14.7. The molecule has 0 radical (unpaired) electrons. The summed E-state index contributed by atoms with van der Waals surface area (Å²) in [6, 6.07) is 90.3. The molecule has 2 aliphatic carbocycles. The lowest BCUT2D eigenvalue weighted by Crippen LogP contribution is -2.28. The minimum Gasteiger partial charge on any atom is -0.456 e. The maximum absolute atomic E-state index is 6.66. The standard InChI is InChI=1S/C70H46N2O/c1-69(2)59-27-15-12-25-50(59)53-39-56-54-36-43(30-34-63(54)71(65(56)41-61(53)69)47-22-10-5-11-23-47)44-31-35-64-55(37-44)57-40-58-52-26-14-17-29-67(52)73-68(58)42-66(57)72(64)48-32-33-51-49-24-13-16-28-60(49)70(62(51)38-48,45-18-6-3-7-19-45)46-20-8-4-9-21-46/h3-42H,1-2H3. The lowest BCUT2D eigenvalue weighted by atomic mass is 9.67. The SMILES string of the molecule is CC1(C)c2ccccc2-c2cc3c4cc(-c5ccc6c(c5)c5cc7c(cc5n6-c5ccc6c(c5)C(c5ccccc5)(c5ccccc5)c5ccccc5-6)oc5ccccc57)ccc4n(-c4ccccc4)c3cc21. The van der Waals surface area contributed by atoms with E-state index in [4.69, 9.17) is 4.42 Å². The Morgan fingerprint density at radius 1 is 0.301 bits per heavy atom. The first-order valence-corrected chi connectivity index (χ1v) is 25.5. The van der Waals surface area contributed by atoms with Gasteiger partial charge < -0.3 is 13.6 Å². The number of benzene rings is 11. The first kappa shape index (κ1) is 40.5. The Balaban J connectivity index is 0.943. The summed E-state index contributed by atoms with van der Waals surface area (Å²) < 4.78 is 11.6. The molecular formula is C70H46N2O. The van der Waals surface area contributed by atoms with Crippen LogP contribution in [-0.4, -0.2) is 9.13 Å². The smallest absolute Gasteiger partial charge is 0.137 e. The van der Waals surface area contributed by atoms with Crippen LogP contribution in [0.4, 0.5) is 0 Å². The van der Waals surface area contributed by atoms with Crippen molar-refractivity contribution in [1.29, 1.82) is 0 Å².